The van der Waals surface area contributed by atoms with E-state index in [9.17, 15) is 0 Å². The van der Waals surface area contributed by atoms with E-state index < -0.39 is 0 Å². The first kappa shape index (κ1) is 29.6. The number of rotatable bonds is 3. The van der Waals surface area contributed by atoms with E-state index in [1.54, 1.807) is 11.3 Å². The van der Waals surface area contributed by atoms with Gasteiger partial charge in [0.15, 0.2) is 5.82 Å². The van der Waals surface area contributed by atoms with Gasteiger partial charge in [-0.15, -0.1) is 11.3 Å². The predicted molar refractivity (Wildman–Crippen MR) is 221 cm³/mol. The molecule has 0 fully saturated rings. The summed E-state index contributed by atoms with van der Waals surface area (Å²) in [6.45, 7) is 4.75. The second-order valence-corrected chi connectivity index (χ2v) is 15.6. The maximum atomic E-state index is 5.59. The van der Waals surface area contributed by atoms with Gasteiger partial charge in [-0.1, -0.05) is 147 Å². The van der Waals surface area contributed by atoms with Crippen LogP contribution in [0.1, 0.15) is 25.0 Å². The van der Waals surface area contributed by atoms with Gasteiger partial charge in [-0.3, -0.25) is 0 Å². The van der Waals surface area contributed by atoms with Gasteiger partial charge in [0, 0.05) is 26.6 Å². The van der Waals surface area contributed by atoms with Crippen LogP contribution in [0, 0.1) is 0 Å². The van der Waals surface area contributed by atoms with Gasteiger partial charge in [-0.05, 0) is 90.0 Å². The highest BCUT2D eigenvalue weighted by Crippen LogP contribution is 2.55. The third-order valence-electron chi connectivity index (χ3n) is 11.2. The zero-order chi connectivity index (χ0) is 34.6. The highest BCUT2D eigenvalue weighted by atomic mass is 32.1. The Labute approximate surface area is 305 Å². The highest BCUT2D eigenvalue weighted by molar-refractivity contribution is 7.26. The molecule has 52 heavy (non-hydrogen) atoms. The summed E-state index contributed by atoms with van der Waals surface area (Å²) in [6, 6.07) is 57.5. The molecule has 0 N–H and O–H groups in total. The zero-order valence-electron chi connectivity index (χ0n) is 28.8. The maximum absolute atomic E-state index is 5.59. The first-order valence-electron chi connectivity index (χ1n) is 17.9. The fraction of sp³-hybridized carbons (Fsp3) is 0.0612. The quantitative estimate of drug-likeness (QED) is 0.186. The van der Waals surface area contributed by atoms with Crippen LogP contribution in [0.4, 0.5) is 0 Å². The molecule has 0 atom stereocenters. The average molecular weight is 681 g/mol. The van der Waals surface area contributed by atoms with Crippen molar-refractivity contribution in [2.45, 2.75) is 19.3 Å². The highest BCUT2D eigenvalue weighted by Gasteiger charge is 2.39. The molecule has 2 nitrogen and oxygen atoms in total. The van der Waals surface area contributed by atoms with E-state index in [0.29, 0.717) is 0 Å². The van der Waals surface area contributed by atoms with E-state index in [0.717, 1.165) is 32.9 Å². The number of nitrogens with zero attached hydrogens (tertiary/aromatic N) is 2. The Bertz CT molecular complexity index is 3110. The van der Waals surface area contributed by atoms with Crippen LogP contribution in [-0.2, 0) is 5.41 Å². The standard InChI is InChI=1S/C49H32N2S/c1-49(2)41-20-9-7-16-37(41)43-40(28-39-35(18-11-19-36(39)44(43)49)33-24-22-29-12-3-5-14-31(29)26-33)48-50-45(34-25-23-30-13-4-6-15-32(30)27-34)47-46(51-48)38-17-8-10-21-42(38)52-47/h3-28H,1-2H3. The lowest BCUT2D eigenvalue weighted by atomic mass is 9.78. The molecule has 0 bridgehead atoms. The van der Waals surface area contributed by atoms with Crippen LogP contribution in [0.15, 0.2) is 158 Å². The van der Waals surface area contributed by atoms with E-state index in [1.165, 1.54) is 75.8 Å². The average Bonchev–Trinajstić information content (AvgIpc) is 3.69. The maximum Gasteiger partial charge on any atom is 0.161 e. The molecule has 2 heterocycles. The van der Waals surface area contributed by atoms with Gasteiger partial charge in [-0.25, -0.2) is 9.97 Å². The number of aromatic nitrogens is 2. The van der Waals surface area contributed by atoms with E-state index in [2.05, 4.69) is 172 Å². The predicted octanol–water partition coefficient (Wildman–Crippen LogP) is 13.6. The lowest BCUT2D eigenvalue weighted by Crippen LogP contribution is -2.15. The van der Waals surface area contributed by atoms with E-state index >= 15 is 0 Å². The summed E-state index contributed by atoms with van der Waals surface area (Å²) in [7, 11) is 0. The van der Waals surface area contributed by atoms with Gasteiger partial charge in [0.2, 0.25) is 0 Å². The van der Waals surface area contributed by atoms with Crippen molar-refractivity contribution in [3.8, 4) is 44.9 Å². The number of fused-ring (bicyclic) bond motifs is 10. The third-order valence-corrected chi connectivity index (χ3v) is 12.4. The van der Waals surface area contributed by atoms with Crippen LogP contribution >= 0.6 is 11.3 Å². The van der Waals surface area contributed by atoms with Gasteiger partial charge < -0.3 is 0 Å². The van der Waals surface area contributed by atoms with Crippen molar-refractivity contribution in [2.75, 3.05) is 0 Å². The molecule has 0 unspecified atom stereocenters. The Kier molecular flexibility index (Phi) is 6.21. The third kappa shape index (κ3) is 4.23. The number of hydrogen-bond acceptors (Lipinski definition) is 3. The van der Waals surface area contributed by atoms with Crippen molar-refractivity contribution in [1.82, 2.24) is 9.97 Å². The van der Waals surface area contributed by atoms with Crippen molar-refractivity contribution < 1.29 is 0 Å². The second-order valence-electron chi connectivity index (χ2n) is 14.5. The first-order chi connectivity index (χ1) is 25.5. The fourth-order valence-electron chi connectivity index (χ4n) is 8.76. The monoisotopic (exact) mass is 680 g/mol. The topological polar surface area (TPSA) is 25.8 Å². The van der Waals surface area contributed by atoms with Crippen molar-refractivity contribution >= 4 is 64.0 Å². The summed E-state index contributed by atoms with van der Waals surface area (Å²) in [5.74, 6) is 0.762. The van der Waals surface area contributed by atoms with Gasteiger partial charge in [0.05, 0.1) is 15.9 Å². The smallest absolute Gasteiger partial charge is 0.161 e. The molecule has 1 aliphatic carbocycles. The Morgan fingerprint density at radius 2 is 1.12 bits per heavy atom. The summed E-state index contributed by atoms with van der Waals surface area (Å²) in [4.78, 5) is 11.1. The Balaban J connectivity index is 1.27. The molecule has 0 amide bonds. The van der Waals surface area contributed by atoms with Crippen molar-refractivity contribution in [3.05, 3.63) is 169 Å². The van der Waals surface area contributed by atoms with Crippen molar-refractivity contribution in [3.63, 3.8) is 0 Å². The Morgan fingerprint density at radius 3 is 1.92 bits per heavy atom. The van der Waals surface area contributed by atoms with Gasteiger partial charge >= 0.3 is 0 Å². The molecule has 0 spiro atoms. The van der Waals surface area contributed by atoms with E-state index in [4.69, 9.17) is 9.97 Å². The molecule has 244 valence electrons. The number of hydrogen-bond donors (Lipinski definition) is 0. The summed E-state index contributed by atoms with van der Waals surface area (Å²) in [5.41, 5.74) is 11.6. The minimum Gasteiger partial charge on any atom is -0.226 e. The van der Waals surface area contributed by atoms with Crippen LogP contribution in [-0.4, -0.2) is 9.97 Å². The molecule has 8 aromatic carbocycles. The van der Waals surface area contributed by atoms with E-state index in [1.807, 2.05) is 0 Å². The molecular weight excluding hydrogens is 649 g/mol. The zero-order valence-corrected chi connectivity index (χ0v) is 29.6. The fourth-order valence-corrected chi connectivity index (χ4v) is 9.92. The summed E-state index contributed by atoms with van der Waals surface area (Å²) in [5, 5.41) is 8.58. The lowest BCUT2D eigenvalue weighted by molar-refractivity contribution is 0.666. The SMILES string of the molecule is CC1(C)c2ccccc2-c2c(-c3nc(-c4ccc5ccccc5c4)c4sc5ccccc5c4n3)cc3c(-c4ccc5ccccc5c4)cccc3c21. The van der Waals surface area contributed by atoms with Crippen molar-refractivity contribution in [1.29, 1.82) is 0 Å². The van der Waals surface area contributed by atoms with Crippen LogP contribution in [0.2, 0.25) is 0 Å². The molecule has 10 aromatic rings. The summed E-state index contributed by atoms with van der Waals surface area (Å²) < 4.78 is 2.34. The molecule has 0 saturated carbocycles. The van der Waals surface area contributed by atoms with Crippen molar-refractivity contribution in [2.24, 2.45) is 0 Å². The molecule has 0 aliphatic heterocycles. The van der Waals surface area contributed by atoms with Crippen LogP contribution in [0.3, 0.4) is 0 Å². The Hall–Kier alpha value is -6.16. The molecule has 0 saturated heterocycles. The van der Waals surface area contributed by atoms with E-state index in [-0.39, 0.29) is 5.41 Å². The van der Waals surface area contributed by atoms with Gasteiger partial charge in [0.25, 0.3) is 0 Å². The number of benzene rings is 8. The molecule has 11 rings (SSSR count). The second kappa shape index (κ2) is 10.9. The van der Waals surface area contributed by atoms with Crippen LogP contribution in [0.5, 0.6) is 0 Å². The first-order valence-corrected chi connectivity index (χ1v) is 18.7. The van der Waals surface area contributed by atoms with Gasteiger partial charge in [0.1, 0.15) is 0 Å². The van der Waals surface area contributed by atoms with Gasteiger partial charge in [-0.2, -0.15) is 0 Å². The summed E-state index contributed by atoms with van der Waals surface area (Å²) >= 11 is 1.78. The largest absolute Gasteiger partial charge is 0.226 e. The normalized spacial score (nSPS) is 13.3. The molecule has 1 aliphatic rings. The molecule has 0 radical (unpaired) electrons. The van der Waals surface area contributed by atoms with Crippen LogP contribution in [0.25, 0.3) is 97.5 Å². The molecular formula is C49H32N2S. The van der Waals surface area contributed by atoms with Crippen LogP contribution < -0.4 is 0 Å². The minimum absolute atomic E-state index is 0.220. The lowest BCUT2D eigenvalue weighted by Gasteiger charge is -2.24. The minimum atomic E-state index is -0.220. The molecule has 2 aromatic heterocycles. The Morgan fingerprint density at radius 1 is 0.481 bits per heavy atom. The summed E-state index contributed by atoms with van der Waals surface area (Å²) in [6.07, 6.45) is 0. The number of thiophene rings is 1. The molecule has 3 heteroatoms.